The van der Waals surface area contributed by atoms with Gasteiger partial charge < -0.3 is 10.1 Å². The Morgan fingerprint density at radius 1 is 1.19 bits per heavy atom. The van der Waals surface area contributed by atoms with Gasteiger partial charge in [-0.2, -0.15) is 0 Å². The van der Waals surface area contributed by atoms with Gasteiger partial charge in [0.25, 0.3) is 5.69 Å². The summed E-state index contributed by atoms with van der Waals surface area (Å²) in [6, 6.07) is 13.0. The Morgan fingerprint density at radius 3 is 2.43 bits per heavy atom. The van der Waals surface area contributed by atoms with Crippen molar-refractivity contribution in [1.29, 1.82) is 0 Å². The number of nitro groups is 1. The first-order valence-corrected chi connectivity index (χ1v) is 7.14. The van der Waals surface area contributed by atoms with E-state index in [1.807, 2.05) is 24.3 Å². The first kappa shape index (κ1) is 15.5. The van der Waals surface area contributed by atoms with Crippen molar-refractivity contribution in [3.05, 3.63) is 68.2 Å². The molecule has 110 valence electrons. The number of nitrogens with zero attached hydrogens (tertiary/aromatic N) is 1. The molecule has 0 saturated heterocycles. The fraction of sp³-hybridized carbons (Fsp3) is 0.200. The van der Waals surface area contributed by atoms with E-state index in [0.29, 0.717) is 17.6 Å². The number of ether oxygens (including phenoxy) is 1. The molecule has 2 aromatic carbocycles. The molecule has 5 nitrogen and oxygen atoms in total. The Bertz CT molecular complexity index is 629. The van der Waals surface area contributed by atoms with Crippen LogP contribution in [0.25, 0.3) is 0 Å². The average molecular weight is 351 g/mol. The highest BCUT2D eigenvalue weighted by Crippen LogP contribution is 2.27. The smallest absolute Gasteiger partial charge is 0.283 e. The molecule has 0 aromatic heterocycles. The third-order valence-electron chi connectivity index (χ3n) is 2.97. The number of rotatable bonds is 6. The number of halogens is 1. The zero-order chi connectivity index (χ0) is 15.2. The van der Waals surface area contributed by atoms with Gasteiger partial charge in [0.15, 0.2) is 0 Å². The molecule has 0 saturated carbocycles. The maximum absolute atomic E-state index is 10.7. The molecule has 0 spiro atoms. The lowest BCUT2D eigenvalue weighted by atomic mass is 10.1. The molecule has 0 atom stereocenters. The number of nitrogens with one attached hydrogen (secondary N) is 1. The van der Waals surface area contributed by atoms with E-state index in [0.717, 1.165) is 16.8 Å². The fourth-order valence-electron chi connectivity index (χ4n) is 1.89. The van der Waals surface area contributed by atoms with Crippen molar-refractivity contribution in [2.24, 2.45) is 0 Å². The summed E-state index contributed by atoms with van der Waals surface area (Å²) >= 11 is 3.21. The van der Waals surface area contributed by atoms with E-state index in [2.05, 4.69) is 21.2 Å². The molecule has 2 aromatic rings. The van der Waals surface area contributed by atoms with Gasteiger partial charge in [0.05, 0.1) is 16.0 Å². The average Bonchev–Trinajstić information content (AvgIpc) is 2.46. The van der Waals surface area contributed by atoms with Crippen LogP contribution in [0.5, 0.6) is 0 Å². The summed E-state index contributed by atoms with van der Waals surface area (Å²) in [5, 5.41) is 14.0. The Balaban J connectivity index is 1.99. The van der Waals surface area contributed by atoms with Crippen LogP contribution < -0.4 is 5.32 Å². The molecule has 1 N–H and O–H groups in total. The predicted molar refractivity (Wildman–Crippen MR) is 85.3 cm³/mol. The summed E-state index contributed by atoms with van der Waals surface area (Å²) in [4.78, 5) is 10.3. The van der Waals surface area contributed by atoms with Crippen LogP contribution in [-0.2, 0) is 17.9 Å². The summed E-state index contributed by atoms with van der Waals surface area (Å²) in [7, 11) is 1.67. The second-order valence-corrected chi connectivity index (χ2v) is 5.38. The van der Waals surface area contributed by atoms with Crippen LogP contribution in [0.4, 0.5) is 11.4 Å². The van der Waals surface area contributed by atoms with Crippen LogP contribution in [-0.4, -0.2) is 12.0 Å². The number of anilines is 1. The van der Waals surface area contributed by atoms with E-state index in [9.17, 15) is 10.1 Å². The zero-order valence-corrected chi connectivity index (χ0v) is 13.1. The lowest BCUT2D eigenvalue weighted by Gasteiger charge is -2.08. The van der Waals surface area contributed by atoms with Crippen LogP contribution in [0.2, 0.25) is 0 Å². The van der Waals surface area contributed by atoms with E-state index in [-0.39, 0.29) is 5.69 Å². The lowest BCUT2D eigenvalue weighted by Crippen LogP contribution is -2.00. The Labute approximate surface area is 131 Å². The SMILES string of the molecule is COCc1ccc(CNc2ccc([N+](=O)[O-])c(Br)c2)cc1. The Kier molecular flexibility index (Phi) is 5.30. The van der Waals surface area contributed by atoms with Gasteiger partial charge in [-0.25, -0.2) is 0 Å². The fourth-order valence-corrected chi connectivity index (χ4v) is 2.41. The molecule has 0 unspecified atom stereocenters. The van der Waals surface area contributed by atoms with Crippen molar-refractivity contribution in [3.8, 4) is 0 Å². The van der Waals surface area contributed by atoms with Gasteiger partial charge in [-0.05, 0) is 39.2 Å². The molecule has 0 aliphatic rings. The lowest BCUT2D eigenvalue weighted by molar-refractivity contribution is -0.385. The van der Waals surface area contributed by atoms with E-state index < -0.39 is 4.92 Å². The topological polar surface area (TPSA) is 64.4 Å². The van der Waals surface area contributed by atoms with Gasteiger partial charge in [-0.15, -0.1) is 0 Å². The molecule has 0 fully saturated rings. The highest BCUT2D eigenvalue weighted by Gasteiger charge is 2.11. The van der Waals surface area contributed by atoms with Crippen LogP contribution >= 0.6 is 15.9 Å². The molecule has 2 rings (SSSR count). The molecule has 0 amide bonds. The minimum atomic E-state index is -0.414. The Morgan fingerprint density at radius 2 is 1.86 bits per heavy atom. The number of hydrogen-bond acceptors (Lipinski definition) is 4. The zero-order valence-electron chi connectivity index (χ0n) is 11.5. The van der Waals surface area contributed by atoms with Gasteiger partial charge in [-0.1, -0.05) is 24.3 Å². The molecule has 0 aliphatic carbocycles. The molecule has 0 aliphatic heterocycles. The summed E-state index contributed by atoms with van der Waals surface area (Å²) < 4.78 is 5.53. The van der Waals surface area contributed by atoms with Crippen molar-refractivity contribution >= 4 is 27.3 Å². The van der Waals surface area contributed by atoms with Crippen LogP contribution in [0.3, 0.4) is 0 Å². The number of nitro benzene ring substituents is 1. The van der Waals surface area contributed by atoms with Crippen LogP contribution in [0.1, 0.15) is 11.1 Å². The quantitative estimate of drug-likeness (QED) is 0.628. The van der Waals surface area contributed by atoms with E-state index in [1.165, 1.54) is 6.07 Å². The summed E-state index contributed by atoms with van der Waals surface area (Å²) in [5.74, 6) is 0. The molecular formula is C15H15BrN2O3. The third-order valence-corrected chi connectivity index (χ3v) is 3.61. The molecule has 0 radical (unpaired) electrons. The first-order valence-electron chi connectivity index (χ1n) is 6.34. The molecular weight excluding hydrogens is 336 g/mol. The van der Waals surface area contributed by atoms with Crippen molar-refractivity contribution in [2.45, 2.75) is 13.2 Å². The largest absolute Gasteiger partial charge is 0.381 e. The van der Waals surface area contributed by atoms with Crippen LogP contribution in [0, 0.1) is 10.1 Å². The predicted octanol–water partition coefficient (Wildman–Crippen LogP) is 4.12. The van der Waals surface area contributed by atoms with Crippen molar-refractivity contribution in [2.75, 3.05) is 12.4 Å². The normalized spacial score (nSPS) is 10.4. The number of methoxy groups -OCH3 is 1. The molecule has 21 heavy (non-hydrogen) atoms. The van der Waals surface area contributed by atoms with Crippen molar-refractivity contribution < 1.29 is 9.66 Å². The van der Waals surface area contributed by atoms with E-state index >= 15 is 0 Å². The monoisotopic (exact) mass is 350 g/mol. The second-order valence-electron chi connectivity index (χ2n) is 4.53. The van der Waals surface area contributed by atoms with Crippen LogP contribution in [0.15, 0.2) is 46.9 Å². The molecule has 6 heteroatoms. The second kappa shape index (κ2) is 7.19. The summed E-state index contributed by atoms with van der Waals surface area (Å²) in [6.45, 7) is 1.25. The first-order chi connectivity index (χ1) is 10.1. The van der Waals surface area contributed by atoms with E-state index in [4.69, 9.17) is 4.74 Å². The highest BCUT2D eigenvalue weighted by atomic mass is 79.9. The van der Waals surface area contributed by atoms with Gasteiger partial charge in [0.2, 0.25) is 0 Å². The van der Waals surface area contributed by atoms with E-state index in [1.54, 1.807) is 19.2 Å². The molecule has 0 heterocycles. The van der Waals surface area contributed by atoms with Gasteiger partial charge >= 0.3 is 0 Å². The highest BCUT2D eigenvalue weighted by molar-refractivity contribution is 9.10. The standard InChI is InChI=1S/C15H15BrN2O3/c1-21-10-12-4-2-11(3-5-12)9-17-13-6-7-15(18(19)20)14(16)8-13/h2-8,17H,9-10H2,1H3. The maximum atomic E-state index is 10.7. The van der Waals surface area contributed by atoms with Gasteiger partial charge in [0.1, 0.15) is 0 Å². The van der Waals surface area contributed by atoms with Crippen molar-refractivity contribution in [1.82, 2.24) is 0 Å². The van der Waals surface area contributed by atoms with Gasteiger partial charge in [-0.3, -0.25) is 10.1 Å². The number of hydrogen-bond donors (Lipinski definition) is 1. The maximum Gasteiger partial charge on any atom is 0.283 e. The molecule has 0 bridgehead atoms. The minimum Gasteiger partial charge on any atom is -0.381 e. The summed E-state index contributed by atoms with van der Waals surface area (Å²) in [5.41, 5.74) is 3.14. The Hall–Kier alpha value is -1.92. The summed E-state index contributed by atoms with van der Waals surface area (Å²) in [6.07, 6.45) is 0. The van der Waals surface area contributed by atoms with Crippen molar-refractivity contribution in [3.63, 3.8) is 0 Å². The third kappa shape index (κ3) is 4.27. The number of benzene rings is 2. The van der Waals surface area contributed by atoms with Gasteiger partial charge in [0, 0.05) is 25.4 Å². The minimum absolute atomic E-state index is 0.0597.